The van der Waals surface area contributed by atoms with Crippen molar-refractivity contribution in [3.8, 4) is 22.4 Å². The van der Waals surface area contributed by atoms with Gasteiger partial charge >= 0.3 is 0 Å². The Morgan fingerprint density at radius 2 is 1.94 bits per heavy atom. The van der Waals surface area contributed by atoms with Crippen LogP contribution >= 0.6 is 0 Å². The first-order chi connectivity index (χ1) is 17.5. The maximum atomic E-state index is 8.74. The van der Waals surface area contributed by atoms with Gasteiger partial charge in [-0.25, -0.2) is 0 Å². The minimum absolute atomic E-state index is 0.183. The third kappa shape index (κ3) is 5.88. The fourth-order valence-electron chi connectivity index (χ4n) is 5.08. The Kier molecular flexibility index (Phi) is 7.52. The molecule has 0 amide bonds. The number of rotatable bonds is 9. The molecule has 1 unspecified atom stereocenters. The summed E-state index contributed by atoms with van der Waals surface area (Å²) >= 11 is 0. The summed E-state index contributed by atoms with van der Waals surface area (Å²) in [5.41, 5.74) is 7.87. The van der Waals surface area contributed by atoms with E-state index in [1.54, 1.807) is 0 Å². The SMILES string of the molecule is CC1C=CC(c2ccc(-c3cccc(-c4cnn(C)c4)c3)nc2CC(=N)CCCC2CCOCC2)=N1. The number of hydrogen-bond acceptors (Lipinski definition) is 5. The molecule has 0 bridgehead atoms. The van der Waals surface area contributed by atoms with Crippen LogP contribution in [0.25, 0.3) is 22.4 Å². The van der Waals surface area contributed by atoms with Gasteiger partial charge in [-0.05, 0) is 74.8 Å². The largest absolute Gasteiger partial charge is 0.381 e. The van der Waals surface area contributed by atoms with Gasteiger partial charge in [0, 0.05) is 55.3 Å². The number of aromatic nitrogens is 3. The first kappa shape index (κ1) is 24.3. The molecule has 1 atom stereocenters. The van der Waals surface area contributed by atoms with Crippen molar-refractivity contribution in [2.24, 2.45) is 18.0 Å². The van der Waals surface area contributed by atoms with E-state index in [4.69, 9.17) is 20.1 Å². The van der Waals surface area contributed by atoms with Crippen LogP contribution < -0.4 is 0 Å². The molecule has 1 N–H and O–H groups in total. The second-order valence-corrected chi connectivity index (χ2v) is 10.0. The highest BCUT2D eigenvalue weighted by Crippen LogP contribution is 2.27. The Bertz CT molecular complexity index is 1280. The van der Waals surface area contributed by atoms with Crippen molar-refractivity contribution in [2.75, 3.05) is 13.2 Å². The van der Waals surface area contributed by atoms with Crippen LogP contribution in [0.15, 0.2) is 65.9 Å². The van der Waals surface area contributed by atoms with Crippen molar-refractivity contribution in [1.82, 2.24) is 14.8 Å². The number of nitrogens with one attached hydrogen (secondary N) is 1. The maximum Gasteiger partial charge on any atom is 0.0706 e. The van der Waals surface area contributed by atoms with E-state index in [2.05, 4.69) is 60.6 Å². The summed E-state index contributed by atoms with van der Waals surface area (Å²) in [7, 11) is 1.93. The highest BCUT2D eigenvalue weighted by atomic mass is 16.5. The molecule has 2 aliphatic rings. The molecule has 6 heteroatoms. The number of aryl methyl sites for hydroxylation is 1. The van der Waals surface area contributed by atoms with Crippen molar-refractivity contribution >= 4 is 11.4 Å². The fourth-order valence-corrected chi connectivity index (χ4v) is 5.08. The second-order valence-electron chi connectivity index (χ2n) is 10.0. The summed E-state index contributed by atoms with van der Waals surface area (Å²) in [5, 5.41) is 13.1. The highest BCUT2D eigenvalue weighted by molar-refractivity contribution is 6.11. The molecule has 0 spiro atoms. The standard InChI is InChI=1S/C30H35N5O/c1-21-9-11-29(33-21)27-10-12-28(24-7-4-6-23(17-24)25-19-32-35(2)20-25)34-30(27)18-26(31)8-3-5-22-13-15-36-16-14-22/h4,6-7,9-12,17,19-22,31H,3,5,8,13-16,18H2,1-2H3. The second kappa shape index (κ2) is 11.1. The van der Waals surface area contributed by atoms with Gasteiger partial charge in [0.15, 0.2) is 0 Å². The average Bonchev–Trinajstić information content (AvgIpc) is 3.53. The van der Waals surface area contributed by atoms with Crippen LogP contribution in [0.1, 0.15) is 50.3 Å². The highest BCUT2D eigenvalue weighted by Gasteiger charge is 2.18. The molecular formula is C30H35N5O. The van der Waals surface area contributed by atoms with Crippen LogP contribution in [0.5, 0.6) is 0 Å². The first-order valence-electron chi connectivity index (χ1n) is 13.0. The van der Waals surface area contributed by atoms with Gasteiger partial charge in [0.25, 0.3) is 0 Å². The maximum absolute atomic E-state index is 8.74. The lowest BCUT2D eigenvalue weighted by Gasteiger charge is -2.21. The summed E-state index contributed by atoms with van der Waals surface area (Å²) in [6.07, 6.45) is 14.0. The molecule has 186 valence electrons. The van der Waals surface area contributed by atoms with E-state index in [9.17, 15) is 0 Å². The van der Waals surface area contributed by atoms with E-state index >= 15 is 0 Å². The Morgan fingerprint density at radius 1 is 1.11 bits per heavy atom. The molecule has 0 radical (unpaired) electrons. The lowest BCUT2D eigenvalue weighted by molar-refractivity contribution is 0.0635. The van der Waals surface area contributed by atoms with Crippen LogP contribution in [0, 0.1) is 11.3 Å². The molecule has 2 aliphatic heterocycles. The Balaban J connectivity index is 1.37. The smallest absolute Gasteiger partial charge is 0.0706 e. The molecule has 1 aromatic carbocycles. The van der Waals surface area contributed by atoms with Crippen LogP contribution in [-0.4, -0.2) is 45.4 Å². The Labute approximate surface area is 213 Å². The average molecular weight is 482 g/mol. The zero-order valence-electron chi connectivity index (χ0n) is 21.3. The molecule has 4 heterocycles. The summed E-state index contributed by atoms with van der Waals surface area (Å²) < 4.78 is 7.30. The van der Waals surface area contributed by atoms with Crippen LogP contribution in [0.4, 0.5) is 0 Å². The Hall–Kier alpha value is -3.38. The number of benzene rings is 1. The van der Waals surface area contributed by atoms with Crippen LogP contribution in [0.3, 0.4) is 0 Å². The summed E-state index contributed by atoms with van der Waals surface area (Å²) in [4.78, 5) is 9.88. The molecule has 3 aromatic rings. The molecule has 36 heavy (non-hydrogen) atoms. The molecule has 2 aromatic heterocycles. The lowest BCUT2D eigenvalue weighted by Crippen LogP contribution is -2.16. The normalized spacial score (nSPS) is 17.9. The van der Waals surface area contributed by atoms with Crippen molar-refractivity contribution in [2.45, 2.75) is 51.5 Å². The van der Waals surface area contributed by atoms with Crippen molar-refractivity contribution in [3.63, 3.8) is 0 Å². The fraction of sp³-hybridized carbons (Fsp3) is 0.400. The van der Waals surface area contributed by atoms with Gasteiger partial charge in [0.1, 0.15) is 0 Å². The van der Waals surface area contributed by atoms with Crippen molar-refractivity contribution < 1.29 is 4.74 Å². The minimum atomic E-state index is 0.183. The number of nitrogens with zero attached hydrogens (tertiary/aromatic N) is 4. The van der Waals surface area contributed by atoms with Gasteiger partial charge in [0.2, 0.25) is 0 Å². The van der Waals surface area contributed by atoms with Crippen molar-refractivity contribution in [1.29, 1.82) is 5.41 Å². The molecule has 0 saturated carbocycles. The van der Waals surface area contributed by atoms with E-state index in [1.165, 1.54) is 6.42 Å². The van der Waals surface area contributed by atoms with Crippen molar-refractivity contribution in [3.05, 3.63) is 72.2 Å². The predicted octanol–water partition coefficient (Wildman–Crippen LogP) is 6.06. The molecule has 5 rings (SSSR count). The van der Waals surface area contributed by atoms with Gasteiger partial charge in [0.05, 0.1) is 29.3 Å². The quantitative estimate of drug-likeness (QED) is 0.378. The third-order valence-corrected chi connectivity index (χ3v) is 7.13. The van der Waals surface area contributed by atoms with E-state index < -0.39 is 0 Å². The Morgan fingerprint density at radius 3 is 2.69 bits per heavy atom. The molecule has 1 saturated heterocycles. The summed E-state index contributed by atoms with van der Waals surface area (Å²) in [6.45, 7) is 3.86. The molecule has 1 fully saturated rings. The van der Waals surface area contributed by atoms with Gasteiger partial charge in [-0.3, -0.25) is 14.7 Å². The van der Waals surface area contributed by atoms with E-state index in [0.29, 0.717) is 6.42 Å². The summed E-state index contributed by atoms with van der Waals surface area (Å²) in [5.74, 6) is 0.745. The minimum Gasteiger partial charge on any atom is -0.381 e. The predicted molar refractivity (Wildman–Crippen MR) is 146 cm³/mol. The van der Waals surface area contributed by atoms with E-state index in [-0.39, 0.29) is 6.04 Å². The summed E-state index contributed by atoms with van der Waals surface area (Å²) in [6, 6.07) is 12.8. The van der Waals surface area contributed by atoms with E-state index in [0.717, 1.165) is 89.9 Å². The van der Waals surface area contributed by atoms with Gasteiger partial charge < -0.3 is 10.1 Å². The third-order valence-electron chi connectivity index (χ3n) is 7.13. The lowest BCUT2D eigenvalue weighted by atomic mass is 9.92. The number of allylic oxidation sites excluding steroid dienone is 1. The van der Waals surface area contributed by atoms with E-state index in [1.807, 2.05) is 24.1 Å². The topological polar surface area (TPSA) is 76.2 Å². The number of hydrogen-bond donors (Lipinski definition) is 1. The van der Waals surface area contributed by atoms with Crippen LogP contribution in [0.2, 0.25) is 0 Å². The van der Waals surface area contributed by atoms with Gasteiger partial charge in [-0.15, -0.1) is 0 Å². The first-order valence-corrected chi connectivity index (χ1v) is 13.0. The van der Waals surface area contributed by atoms with Gasteiger partial charge in [-0.1, -0.05) is 24.3 Å². The zero-order valence-corrected chi connectivity index (χ0v) is 21.3. The number of aliphatic imine (C=N–C) groups is 1. The van der Waals surface area contributed by atoms with Gasteiger partial charge in [-0.2, -0.15) is 5.10 Å². The monoisotopic (exact) mass is 481 g/mol. The molecule has 6 nitrogen and oxygen atoms in total. The number of ether oxygens (including phenoxy) is 1. The number of pyridine rings is 1. The molecular weight excluding hydrogens is 446 g/mol. The zero-order chi connectivity index (χ0) is 24.9. The van der Waals surface area contributed by atoms with Crippen LogP contribution in [-0.2, 0) is 18.2 Å². The molecule has 0 aliphatic carbocycles.